The molecule has 2 aliphatic carbocycles. The lowest BCUT2D eigenvalue weighted by Gasteiger charge is -2.57. The van der Waals surface area contributed by atoms with Gasteiger partial charge in [0.1, 0.15) is 5.78 Å². The van der Waals surface area contributed by atoms with Crippen molar-refractivity contribution in [1.82, 2.24) is 15.1 Å². The number of ether oxygens (including phenoxy) is 2. The molecule has 1 aromatic carbocycles. The molecule has 5 rings (SSSR count). The van der Waals surface area contributed by atoms with Crippen LogP contribution in [-0.2, 0) is 31.0 Å². The minimum atomic E-state index is -0.798. The second-order valence-electron chi connectivity index (χ2n) is 13.0. The van der Waals surface area contributed by atoms with Crippen molar-refractivity contribution in [3.05, 3.63) is 23.3 Å². The number of benzene rings is 1. The molecule has 0 aromatic heterocycles. The summed E-state index contributed by atoms with van der Waals surface area (Å²) in [6, 6.07) is 3.35. The fraction of sp³-hybridized carbons (Fsp3) is 0.636. The van der Waals surface area contributed by atoms with E-state index in [-0.39, 0.29) is 48.1 Å². The fourth-order valence-electron chi connectivity index (χ4n) is 8.03. The van der Waals surface area contributed by atoms with E-state index in [1.54, 1.807) is 6.07 Å². The Morgan fingerprint density at radius 2 is 2.02 bits per heavy atom. The number of carbonyl (C=O) groups excluding carboxylic acids is 5. The fourth-order valence-corrected chi connectivity index (χ4v) is 8.03. The molecule has 0 radical (unpaired) electrons. The molecule has 4 aliphatic rings. The van der Waals surface area contributed by atoms with E-state index in [2.05, 4.69) is 22.3 Å². The molecule has 1 aromatic rings. The topological polar surface area (TPSA) is 187 Å². The number of likely N-dealkylation sites (tertiary alicyclic amines) is 1. The minimum Gasteiger partial charge on any atom is -0.477 e. The number of amides is 2. The Kier molecular flexibility index (Phi) is 9.99. The van der Waals surface area contributed by atoms with Crippen molar-refractivity contribution in [2.24, 2.45) is 22.4 Å². The number of aliphatic imine (C=N–C) groups is 1. The second kappa shape index (κ2) is 13.8. The lowest BCUT2D eigenvalue weighted by atomic mass is 9.52. The van der Waals surface area contributed by atoms with Crippen molar-refractivity contribution in [2.75, 3.05) is 33.2 Å². The van der Waals surface area contributed by atoms with Crippen LogP contribution < -0.4 is 26.3 Å². The minimum absolute atomic E-state index is 0.0584. The van der Waals surface area contributed by atoms with Gasteiger partial charge in [-0.3, -0.25) is 24.2 Å². The molecule has 5 atom stereocenters. The SMILES string of the molecule is CCN(CCCC(=O)[C@H](CCCN=C(N)N)NC(=O)CC(C)=O)C(=O)Oc1ccc2c3c1O[C@H]1C(=O)CCC4[C@@H](C2)N(C)CC[C@@]341. The molecule has 1 saturated heterocycles. The van der Waals surface area contributed by atoms with E-state index < -0.39 is 24.1 Å². The lowest BCUT2D eigenvalue weighted by molar-refractivity contribution is -0.138. The molecule has 13 heteroatoms. The Balaban J connectivity index is 1.23. The van der Waals surface area contributed by atoms with Gasteiger partial charge in [-0.15, -0.1) is 0 Å². The molecule has 250 valence electrons. The van der Waals surface area contributed by atoms with Crippen LogP contribution in [0.1, 0.15) is 76.3 Å². The van der Waals surface area contributed by atoms with Crippen LogP contribution in [0.3, 0.4) is 0 Å². The highest BCUT2D eigenvalue weighted by Gasteiger charge is 2.65. The quantitative estimate of drug-likeness (QED) is 0.117. The van der Waals surface area contributed by atoms with E-state index in [1.165, 1.54) is 11.8 Å². The Hall–Kier alpha value is -4.00. The zero-order valence-electron chi connectivity index (χ0n) is 27.0. The molecule has 2 heterocycles. The first-order valence-corrected chi connectivity index (χ1v) is 16.4. The molecular weight excluding hydrogens is 592 g/mol. The van der Waals surface area contributed by atoms with Crippen molar-refractivity contribution < 1.29 is 33.4 Å². The first kappa shape index (κ1) is 33.4. The van der Waals surface area contributed by atoms with Gasteiger partial charge in [0, 0.05) is 49.5 Å². The number of rotatable bonds is 14. The first-order valence-electron chi connectivity index (χ1n) is 16.4. The van der Waals surface area contributed by atoms with E-state index in [1.807, 2.05) is 13.0 Å². The van der Waals surface area contributed by atoms with Gasteiger partial charge < -0.3 is 36.1 Å². The molecule has 5 N–H and O–H groups in total. The molecule has 2 fully saturated rings. The Morgan fingerprint density at radius 3 is 2.74 bits per heavy atom. The van der Waals surface area contributed by atoms with E-state index in [9.17, 15) is 24.0 Å². The normalized spacial score (nSPS) is 24.7. The summed E-state index contributed by atoms with van der Waals surface area (Å²) in [5.41, 5.74) is 12.6. The number of nitrogens with one attached hydrogen (secondary N) is 1. The summed E-state index contributed by atoms with van der Waals surface area (Å²) in [6.45, 7) is 4.93. The van der Waals surface area contributed by atoms with Crippen LogP contribution in [0.2, 0.25) is 0 Å². The van der Waals surface area contributed by atoms with Crippen molar-refractivity contribution in [3.63, 3.8) is 0 Å². The van der Waals surface area contributed by atoms with E-state index in [0.717, 1.165) is 36.9 Å². The molecule has 46 heavy (non-hydrogen) atoms. The van der Waals surface area contributed by atoms with Gasteiger partial charge in [-0.05, 0) is 83.5 Å². The molecule has 2 bridgehead atoms. The van der Waals surface area contributed by atoms with Gasteiger partial charge in [0.2, 0.25) is 5.91 Å². The van der Waals surface area contributed by atoms with Crippen LogP contribution in [0, 0.1) is 5.92 Å². The predicted octanol–water partition coefficient (Wildman–Crippen LogP) is 1.61. The van der Waals surface area contributed by atoms with Gasteiger partial charge in [0.25, 0.3) is 0 Å². The summed E-state index contributed by atoms with van der Waals surface area (Å²) in [6.07, 6.45) is 2.85. The lowest BCUT2D eigenvalue weighted by Crippen LogP contribution is -2.65. The number of hydrogen-bond donors (Lipinski definition) is 3. The number of nitrogens with two attached hydrogens (primary N) is 2. The standard InChI is InChI=1S/C33H46N6O7/c1-4-39(15-6-8-24(41)22(7-5-14-36-31(34)35)37-27(43)17-19(2)40)32(44)45-26-12-9-20-18-23-21-10-11-25(42)30-33(21,13-16-38(23)3)28(20)29(26)46-30/h9,12,21-23,30H,4-8,10-11,13-18H2,1-3H3,(H,37,43)(H4,34,35,36)/t21?,22-,23+,30-,33-/m0/s1. The van der Waals surface area contributed by atoms with Crippen LogP contribution in [0.15, 0.2) is 17.1 Å². The largest absolute Gasteiger partial charge is 0.477 e. The van der Waals surface area contributed by atoms with Crippen molar-refractivity contribution in [1.29, 1.82) is 0 Å². The van der Waals surface area contributed by atoms with Crippen LogP contribution in [0.4, 0.5) is 4.79 Å². The monoisotopic (exact) mass is 638 g/mol. The van der Waals surface area contributed by atoms with Gasteiger partial charge in [0.05, 0.1) is 12.5 Å². The van der Waals surface area contributed by atoms with Gasteiger partial charge in [-0.2, -0.15) is 0 Å². The number of Topliss-reactive ketones (excluding diaryl/α,β-unsaturated/α-hetero) is 3. The molecule has 1 saturated carbocycles. The zero-order valence-corrected chi connectivity index (χ0v) is 27.0. The Morgan fingerprint density at radius 1 is 1.24 bits per heavy atom. The summed E-state index contributed by atoms with van der Waals surface area (Å²) in [5, 5.41) is 2.66. The average molecular weight is 639 g/mol. The highest BCUT2D eigenvalue weighted by atomic mass is 16.6. The van der Waals surface area contributed by atoms with Gasteiger partial charge >= 0.3 is 6.09 Å². The van der Waals surface area contributed by atoms with Crippen LogP contribution in [0.25, 0.3) is 0 Å². The van der Waals surface area contributed by atoms with Crippen LogP contribution >= 0.6 is 0 Å². The van der Waals surface area contributed by atoms with Gasteiger partial charge in [0.15, 0.2) is 35.1 Å². The maximum Gasteiger partial charge on any atom is 0.415 e. The Labute approximate surface area is 269 Å². The van der Waals surface area contributed by atoms with Crippen molar-refractivity contribution in [2.45, 2.75) is 95.2 Å². The molecule has 1 unspecified atom stereocenters. The van der Waals surface area contributed by atoms with Crippen LogP contribution in [0.5, 0.6) is 11.5 Å². The third-order valence-electron chi connectivity index (χ3n) is 10.1. The Bertz CT molecular complexity index is 1430. The smallest absolute Gasteiger partial charge is 0.415 e. The van der Waals surface area contributed by atoms with E-state index in [0.29, 0.717) is 62.2 Å². The van der Waals surface area contributed by atoms with Crippen LogP contribution in [-0.4, -0.2) is 96.5 Å². The average Bonchev–Trinajstić information content (AvgIpc) is 3.36. The summed E-state index contributed by atoms with van der Waals surface area (Å²) < 4.78 is 12.4. The number of guanidine groups is 1. The highest BCUT2D eigenvalue weighted by Crippen LogP contribution is 2.63. The maximum absolute atomic E-state index is 13.4. The number of ketones is 3. The summed E-state index contributed by atoms with van der Waals surface area (Å²) in [7, 11) is 2.16. The molecule has 1 spiro atoms. The summed E-state index contributed by atoms with van der Waals surface area (Å²) >= 11 is 0. The van der Waals surface area contributed by atoms with Crippen molar-refractivity contribution in [3.8, 4) is 11.5 Å². The predicted molar refractivity (Wildman–Crippen MR) is 170 cm³/mol. The third-order valence-corrected chi connectivity index (χ3v) is 10.1. The maximum atomic E-state index is 13.4. The summed E-state index contributed by atoms with van der Waals surface area (Å²) in [4.78, 5) is 71.2. The third kappa shape index (κ3) is 6.47. The molecule has 2 aliphatic heterocycles. The molecular formula is C33H46N6O7. The van der Waals surface area contributed by atoms with Gasteiger partial charge in [-0.25, -0.2) is 4.79 Å². The van der Waals surface area contributed by atoms with Gasteiger partial charge in [-0.1, -0.05) is 6.07 Å². The van der Waals surface area contributed by atoms with E-state index >= 15 is 0 Å². The zero-order chi connectivity index (χ0) is 33.2. The molecule has 2 amide bonds. The summed E-state index contributed by atoms with van der Waals surface area (Å²) in [5.74, 6) is 0.195. The number of carbonyl (C=O) groups is 5. The highest BCUT2D eigenvalue weighted by molar-refractivity contribution is 5.99. The number of nitrogens with zero attached hydrogens (tertiary/aromatic N) is 3. The number of piperidine rings is 1. The first-order chi connectivity index (χ1) is 22.0. The molecule has 13 nitrogen and oxygen atoms in total. The number of hydrogen-bond acceptors (Lipinski definition) is 9. The number of likely N-dealkylation sites (N-methyl/N-ethyl adjacent to an activating group) is 1. The second-order valence-corrected chi connectivity index (χ2v) is 13.0. The van der Waals surface area contributed by atoms with Crippen molar-refractivity contribution >= 4 is 35.3 Å². The van der Waals surface area contributed by atoms with E-state index in [4.69, 9.17) is 20.9 Å².